The molecule has 0 saturated carbocycles. The number of benzene rings is 1. The number of amides is 1. The summed E-state index contributed by atoms with van der Waals surface area (Å²) in [7, 11) is 0. The second kappa shape index (κ2) is 7.60. The minimum Gasteiger partial charge on any atom is -0.354 e. The zero-order valence-corrected chi connectivity index (χ0v) is 12.8. The predicted octanol–water partition coefficient (Wildman–Crippen LogP) is 2.62. The summed E-state index contributed by atoms with van der Waals surface area (Å²) < 4.78 is 13.5. The smallest absolute Gasteiger partial charge is 0.236 e. The van der Waals surface area contributed by atoms with Gasteiger partial charge in [-0.25, -0.2) is 4.39 Å². The van der Waals surface area contributed by atoms with Crippen LogP contribution in [0.4, 0.5) is 4.39 Å². The van der Waals surface area contributed by atoms with Gasteiger partial charge in [-0.15, -0.1) is 0 Å². The Labute approximate surface area is 121 Å². The van der Waals surface area contributed by atoms with E-state index in [1.54, 1.807) is 12.1 Å². The van der Waals surface area contributed by atoms with E-state index in [9.17, 15) is 9.18 Å². The van der Waals surface area contributed by atoms with Gasteiger partial charge in [-0.1, -0.05) is 19.9 Å². The molecule has 0 bridgehead atoms. The van der Waals surface area contributed by atoms with Crippen LogP contribution in [0.2, 0.25) is 0 Å². The van der Waals surface area contributed by atoms with Crippen LogP contribution < -0.4 is 11.1 Å². The van der Waals surface area contributed by atoms with E-state index < -0.39 is 6.04 Å². The normalized spacial score (nSPS) is 12.5. The molecule has 0 spiro atoms. The summed E-state index contributed by atoms with van der Waals surface area (Å²) in [6.07, 6.45) is 1.33. The summed E-state index contributed by atoms with van der Waals surface area (Å²) in [5.74, 6) is -0.0181. The fourth-order valence-electron chi connectivity index (χ4n) is 1.77. The molecule has 0 saturated heterocycles. The molecule has 0 aliphatic carbocycles. The van der Waals surface area contributed by atoms with E-state index in [-0.39, 0.29) is 11.7 Å². The molecular formula is C14H20BrFN2O. The van der Waals surface area contributed by atoms with Crippen molar-refractivity contribution in [3.05, 3.63) is 34.1 Å². The van der Waals surface area contributed by atoms with Gasteiger partial charge in [0, 0.05) is 6.54 Å². The highest BCUT2D eigenvalue weighted by Crippen LogP contribution is 2.16. The Balaban J connectivity index is 2.37. The molecule has 0 aromatic heterocycles. The van der Waals surface area contributed by atoms with Crippen molar-refractivity contribution < 1.29 is 9.18 Å². The number of hydrogen-bond donors (Lipinski definition) is 2. The zero-order valence-electron chi connectivity index (χ0n) is 11.2. The molecule has 1 atom stereocenters. The molecular weight excluding hydrogens is 311 g/mol. The van der Waals surface area contributed by atoms with Gasteiger partial charge in [-0.2, -0.15) is 0 Å². The molecule has 3 nitrogen and oxygen atoms in total. The van der Waals surface area contributed by atoms with E-state index in [4.69, 9.17) is 5.73 Å². The van der Waals surface area contributed by atoms with Crippen molar-refractivity contribution >= 4 is 21.8 Å². The lowest BCUT2D eigenvalue weighted by Gasteiger charge is -2.14. The van der Waals surface area contributed by atoms with Crippen molar-refractivity contribution in [2.45, 2.75) is 32.7 Å². The Morgan fingerprint density at radius 3 is 2.74 bits per heavy atom. The third-order valence-corrected chi connectivity index (χ3v) is 3.37. The standard InChI is InChI=1S/C14H20BrFN2O/c1-9(2)7-13(17)14(19)18-6-5-10-3-4-12(16)11(15)8-10/h3-4,8-9,13H,5-7,17H2,1-2H3,(H,18,19)/t13-/m0/s1. The summed E-state index contributed by atoms with van der Waals surface area (Å²) >= 11 is 3.13. The summed E-state index contributed by atoms with van der Waals surface area (Å²) in [4.78, 5) is 11.7. The summed E-state index contributed by atoms with van der Waals surface area (Å²) in [6.45, 7) is 4.56. The number of hydrogen-bond acceptors (Lipinski definition) is 2. The molecule has 1 rings (SSSR count). The Hall–Kier alpha value is -0.940. The molecule has 0 unspecified atom stereocenters. The lowest BCUT2D eigenvalue weighted by molar-refractivity contribution is -0.122. The average Bonchev–Trinajstić information content (AvgIpc) is 2.32. The van der Waals surface area contributed by atoms with Gasteiger partial charge in [0.1, 0.15) is 5.82 Å². The Bertz CT molecular complexity index is 437. The number of rotatable bonds is 6. The molecule has 5 heteroatoms. The van der Waals surface area contributed by atoms with Crippen LogP contribution >= 0.6 is 15.9 Å². The highest BCUT2D eigenvalue weighted by atomic mass is 79.9. The largest absolute Gasteiger partial charge is 0.354 e. The number of carbonyl (C=O) groups excluding carboxylic acids is 1. The molecule has 0 fully saturated rings. The third kappa shape index (κ3) is 5.70. The molecule has 106 valence electrons. The van der Waals surface area contributed by atoms with Crippen LogP contribution in [0.5, 0.6) is 0 Å². The van der Waals surface area contributed by atoms with Gasteiger partial charge in [0.15, 0.2) is 0 Å². The van der Waals surface area contributed by atoms with E-state index in [1.807, 2.05) is 13.8 Å². The lowest BCUT2D eigenvalue weighted by Crippen LogP contribution is -2.42. The van der Waals surface area contributed by atoms with E-state index >= 15 is 0 Å². The number of nitrogens with one attached hydrogen (secondary N) is 1. The Kier molecular flexibility index (Phi) is 6.45. The van der Waals surface area contributed by atoms with Crippen molar-refractivity contribution in [3.8, 4) is 0 Å². The van der Waals surface area contributed by atoms with Gasteiger partial charge in [-0.05, 0) is 52.4 Å². The maximum Gasteiger partial charge on any atom is 0.236 e. The monoisotopic (exact) mass is 330 g/mol. The Morgan fingerprint density at radius 2 is 2.16 bits per heavy atom. The SMILES string of the molecule is CC(C)C[C@H](N)C(=O)NCCc1ccc(F)c(Br)c1. The number of nitrogens with two attached hydrogens (primary N) is 1. The van der Waals surface area contributed by atoms with E-state index in [0.717, 1.165) is 5.56 Å². The van der Waals surface area contributed by atoms with Crippen LogP contribution in [0, 0.1) is 11.7 Å². The summed E-state index contributed by atoms with van der Waals surface area (Å²) in [5.41, 5.74) is 6.74. The number of carbonyl (C=O) groups is 1. The highest BCUT2D eigenvalue weighted by Gasteiger charge is 2.14. The van der Waals surface area contributed by atoms with Gasteiger partial charge < -0.3 is 11.1 Å². The fraction of sp³-hybridized carbons (Fsp3) is 0.500. The highest BCUT2D eigenvalue weighted by molar-refractivity contribution is 9.10. The van der Waals surface area contributed by atoms with Crippen molar-refractivity contribution in [1.82, 2.24) is 5.32 Å². The summed E-state index contributed by atoms with van der Waals surface area (Å²) in [5, 5.41) is 2.80. The minimum atomic E-state index is -0.458. The first kappa shape index (κ1) is 16.1. The first-order valence-electron chi connectivity index (χ1n) is 6.37. The first-order chi connectivity index (χ1) is 8.90. The number of halogens is 2. The molecule has 1 aromatic carbocycles. The van der Waals surface area contributed by atoms with Gasteiger partial charge in [0.2, 0.25) is 5.91 Å². The van der Waals surface area contributed by atoms with Crippen molar-refractivity contribution in [3.63, 3.8) is 0 Å². The second-order valence-corrected chi connectivity index (χ2v) is 5.88. The molecule has 0 heterocycles. The molecule has 0 aliphatic heterocycles. The lowest BCUT2D eigenvalue weighted by atomic mass is 10.0. The van der Waals surface area contributed by atoms with Crippen molar-refractivity contribution in [1.29, 1.82) is 0 Å². The molecule has 19 heavy (non-hydrogen) atoms. The van der Waals surface area contributed by atoms with Gasteiger partial charge in [0.25, 0.3) is 0 Å². The molecule has 0 radical (unpaired) electrons. The van der Waals surface area contributed by atoms with Crippen LogP contribution in [-0.2, 0) is 11.2 Å². The van der Waals surface area contributed by atoms with Gasteiger partial charge in [0.05, 0.1) is 10.5 Å². The maximum atomic E-state index is 13.0. The van der Waals surface area contributed by atoms with E-state index in [2.05, 4.69) is 21.2 Å². The molecule has 1 aromatic rings. The molecule has 3 N–H and O–H groups in total. The third-order valence-electron chi connectivity index (χ3n) is 2.76. The second-order valence-electron chi connectivity index (χ2n) is 5.03. The predicted molar refractivity (Wildman–Crippen MR) is 78.2 cm³/mol. The van der Waals surface area contributed by atoms with Crippen LogP contribution in [0.15, 0.2) is 22.7 Å². The fourth-order valence-corrected chi connectivity index (χ4v) is 2.20. The van der Waals surface area contributed by atoms with Gasteiger partial charge in [-0.3, -0.25) is 4.79 Å². The van der Waals surface area contributed by atoms with E-state index in [1.165, 1.54) is 6.07 Å². The van der Waals surface area contributed by atoms with Crippen LogP contribution in [0.3, 0.4) is 0 Å². The summed E-state index contributed by atoms with van der Waals surface area (Å²) in [6, 6.07) is 4.38. The Morgan fingerprint density at radius 1 is 1.47 bits per heavy atom. The van der Waals surface area contributed by atoms with Crippen molar-refractivity contribution in [2.24, 2.45) is 11.7 Å². The van der Waals surface area contributed by atoms with E-state index in [0.29, 0.717) is 29.8 Å². The molecule has 0 aliphatic rings. The maximum absolute atomic E-state index is 13.0. The molecule has 1 amide bonds. The quantitative estimate of drug-likeness (QED) is 0.842. The van der Waals surface area contributed by atoms with Crippen LogP contribution in [0.25, 0.3) is 0 Å². The average molecular weight is 331 g/mol. The van der Waals surface area contributed by atoms with Crippen LogP contribution in [-0.4, -0.2) is 18.5 Å². The van der Waals surface area contributed by atoms with Crippen molar-refractivity contribution in [2.75, 3.05) is 6.54 Å². The zero-order chi connectivity index (χ0) is 14.4. The van der Waals surface area contributed by atoms with Gasteiger partial charge >= 0.3 is 0 Å². The topological polar surface area (TPSA) is 55.1 Å². The first-order valence-corrected chi connectivity index (χ1v) is 7.16. The van der Waals surface area contributed by atoms with Crippen LogP contribution in [0.1, 0.15) is 25.8 Å². The minimum absolute atomic E-state index is 0.130.